The van der Waals surface area contributed by atoms with E-state index < -0.39 is 23.6 Å². The minimum Gasteiger partial charge on any atom is -0.336 e. The zero-order chi connectivity index (χ0) is 20.8. The molecule has 3 aromatic rings. The summed E-state index contributed by atoms with van der Waals surface area (Å²) >= 11 is 1.15. The molecule has 1 aromatic heterocycles. The van der Waals surface area contributed by atoms with Gasteiger partial charge in [0.05, 0.1) is 18.2 Å². The minimum absolute atomic E-state index is 0.128. The van der Waals surface area contributed by atoms with E-state index >= 15 is 0 Å². The number of nitrogens with one attached hydrogen (secondary N) is 2. The number of hydrogen-bond acceptors (Lipinski definition) is 5. The van der Waals surface area contributed by atoms with Crippen LogP contribution in [0.25, 0.3) is 0 Å². The monoisotopic (exact) mass is 412 g/mol. The van der Waals surface area contributed by atoms with Gasteiger partial charge in [0.25, 0.3) is 5.91 Å². The van der Waals surface area contributed by atoms with Gasteiger partial charge in [-0.05, 0) is 18.2 Å². The fourth-order valence-electron chi connectivity index (χ4n) is 2.50. The molecule has 0 saturated heterocycles. The quantitative estimate of drug-likeness (QED) is 0.647. The lowest BCUT2D eigenvalue weighted by Gasteiger charge is -2.12. The molecule has 0 aliphatic heterocycles. The van der Waals surface area contributed by atoms with Crippen molar-refractivity contribution < 1.29 is 18.4 Å². The van der Waals surface area contributed by atoms with Crippen molar-refractivity contribution in [3.05, 3.63) is 82.4 Å². The highest BCUT2D eigenvalue weighted by molar-refractivity contribution is 7.14. The lowest BCUT2D eigenvalue weighted by molar-refractivity contribution is -0.120. The van der Waals surface area contributed by atoms with Crippen molar-refractivity contribution in [3.63, 3.8) is 0 Å². The number of carbonyl (C=O) groups is 2. The summed E-state index contributed by atoms with van der Waals surface area (Å²) in [4.78, 5) is 28.5. The molecule has 0 fully saturated rings. The van der Waals surface area contributed by atoms with E-state index in [1.54, 1.807) is 41.8 Å². The van der Waals surface area contributed by atoms with E-state index in [0.29, 0.717) is 22.5 Å². The lowest BCUT2D eigenvalue weighted by Crippen LogP contribution is -2.29. The molecule has 1 unspecified atom stereocenters. The maximum atomic E-state index is 13.8. The van der Waals surface area contributed by atoms with Crippen LogP contribution >= 0.6 is 11.3 Å². The third kappa shape index (κ3) is 5.21. The fraction of sp³-hybridized carbons (Fsp3) is 0.100. The Morgan fingerprint density at radius 3 is 2.62 bits per heavy atom. The highest BCUT2D eigenvalue weighted by Crippen LogP contribution is 2.19. The van der Waals surface area contributed by atoms with E-state index in [4.69, 9.17) is 0 Å². The lowest BCUT2D eigenvalue weighted by atomic mass is 10.1. The summed E-state index contributed by atoms with van der Waals surface area (Å²) < 4.78 is 26.9. The predicted octanol–water partition coefficient (Wildman–Crippen LogP) is 3.60. The molecule has 146 valence electrons. The van der Waals surface area contributed by atoms with Gasteiger partial charge in [0.2, 0.25) is 5.91 Å². The molecule has 6 nitrogen and oxygen atoms in total. The normalized spacial score (nSPS) is 11.3. The summed E-state index contributed by atoms with van der Waals surface area (Å²) in [5, 5.41) is 16.2. The average Bonchev–Trinajstić information content (AvgIpc) is 3.13. The van der Waals surface area contributed by atoms with E-state index in [1.165, 1.54) is 0 Å². The molecule has 0 spiro atoms. The molecule has 9 heteroatoms. The van der Waals surface area contributed by atoms with Crippen LogP contribution in [0.4, 0.5) is 13.9 Å². The van der Waals surface area contributed by atoms with E-state index in [0.717, 1.165) is 23.5 Å². The van der Waals surface area contributed by atoms with Crippen molar-refractivity contribution in [1.29, 1.82) is 5.26 Å². The number of aromatic nitrogens is 1. The molecule has 0 saturated carbocycles. The van der Waals surface area contributed by atoms with Gasteiger partial charge in [-0.3, -0.25) is 14.9 Å². The van der Waals surface area contributed by atoms with E-state index in [-0.39, 0.29) is 17.9 Å². The second kappa shape index (κ2) is 9.03. The number of nitrogens with zero attached hydrogens (tertiary/aromatic N) is 2. The van der Waals surface area contributed by atoms with Gasteiger partial charge in [0.15, 0.2) is 5.13 Å². The van der Waals surface area contributed by atoms with Crippen molar-refractivity contribution in [2.24, 2.45) is 0 Å². The third-order valence-corrected chi connectivity index (χ3v) is 4.66. The van der Waals surface area contributed by atoms with Gasteiger partial charge in [0.1, 0.15) is 17.7 Å². The molecule has 2 amide bonds. The van der Waals surface area contributed by atoms with Gasteiger partial charge in [-0.2, -0.15) is 5.26 Å². The number of amides is 2. The van der Waals surface area contributed by atoms with Crippen molar-refractivity contribution in [1.82, 2.24) is 10.3 Å². The first-order valence-electron chi connectivity index (χ1n) is 8.41. The highest BCUT2D eigenvalue weighted by atomic mass is 32.1. The second-order valence-electron chi connectivity index (χ2n) is 5.94. The first-order chi connectivity index (χ1) is 14.0. The number of benzene rings is 2. The standard InChI is InChI=1S/C20H14F2N4O2S/c21-13-6-7-15(16(22)8-13)17(10-23)25-18(27)9-14-11-29-20(24-14)26-19(28)12-4-2-1-3-5-12/h1-8,11,17H,9H2,(H,25,27)(H,24,26,28). The molecular weight excluding hydrogens is 398 g/mol. The highest BCUT2D eigenvalue weighted by Gasteiger charge is 2.19. The number of nitriles is 1. The van der Waals surface area contributed by atoms with Crippen LogP contribution in [0.15, 0.2) is 53.9 Å². The van der Waals surface area contributed by atoms with E-state index in [9.17, 15) is 23.6 Å². The largest absolute Gasteiger partial charge is 0.336 e. The topological polar surface area (TPSA) is 94.9 Å². The summed E-state index contributed by atoms with van der Waals surface area (Å²) in [7, 11) is 0. The van der Waals surface area contributed by atoms with Crippen molar-refractivity contribution in [3.8, 4) is 6.07 Å². The van der Waals surface area contributed by atoms with Gasteiger partial charge >= 0.3 is 0 Å². The molecule has 0 radical (unpaired) electrons. The van der Waals surface area contributed by atoms with Gasteiger partial charge in [-0.25, -0.2) is 13.8 Å². The summed E-state index contributed by atoms with van der Waals surface area (Å²) in [5.74, 6) is -2.59. The summed E-state index contributed by atoms with van der Waals surface area (Å²) in [5.41, 5.74) is 0.726. The molecular formula is C20H14F2N4O2S. The Balaban J connectivity index is 1.61. The Labute approximate surface area is 168 Å². The smallest absolute Gasteiger partial charge is 0.257 e. The number of halogens is 2. The van der Waals surface area contributed by atoms with Crippen LogP contribution in [-0.2, 0) is 11.2 Å². The zero-order valence-electron chi connectivity index (χ0n) is 14.9. The molecule has 1 heterocycles. The van der Waals surface area contributed by atoms with Crippen LogP contribution < -0.4 is 10.6 Å². The summed E-state index contributed by atoms with van der Waals surface area (Å²) in [6, 6.07) is 11.9. The van der Waals surface area contributed by atoms with Gasteiger partial charge in [-0.15, -0.1) is 11.3 Å². The number of carbonyl (C=O) groups excluding carboxylic acids is 2. The molecule has 0 aliphatic carbocycles. The Morgan fingerprint density at radius 1 is 1.17 bits per heavy atom. The summed E-state index contributed by atoms with van der Waals surface area (Å²) in [6.07, 6.45) is -0.168. The maximum absolute atomic E-state index is 13.8. The number of rotatable bonds is 6. The Kier molecular flexibility index (Phi) is 6.26. The third-order valence-electron chi connectivity index (χ3n) is 3.86. The molecule has 3 rings (SSSR count). The SMILES string of the molecule is N#CC(NC(=O)Cc1csc(NC(=O)c2ccccc2)n1)c1ccc(F)cc1F. The van der Waals surface area contributed by atoms with Crippen LogP contribution in [0.5, 0.6) is 0 Å². The van der Waals surface area contributed by atoms with Crippen LogP contribution in [0.2, 0.25) is 0 Å². The Hall–Kier alpha value is -3.64. The van der Waals surface area contributed by atoms with E-state index in [2.05, 4.69) is 15.6 Å². The van der Waals surface area contributed by atoms with Crippen molar-refractivity contribution in [2.75, 3.05) is 5.32 Å². The van der Waals surface area contributed by atoms with Crippen LogP contribution in [-0.4, -0.2) is 16.8 Å². The maximum Gasteiger partial charge on any atom is 0.257 e. The second-order valence-corrected chi connectivity index (χ2v) is 6.79. The van der Waals surface area contributed by atoms with Crippen LogP contribution in [0.3, 0.4) is 0 Å². The van der Waals surface area contributed by atoms with Gasteiger partial charge in [0, 0.05) is 22.6 Å². The van der Waals surface area contributed by atoms with Crippen LogP contribution in [0.1, 0.15) is 27.7 Å². The number of hydrogen-bond donors (Lipinski definition) is 2. The van der Waals surface area contributed by atoms with Crippen molar-refractivity contribution in [2.45, 2.75) is 12.5 Å². The minimum atomic E-state index is -1.26. The molecule has 2 N–H and O–H groups in total. The van der Waals surface area contributed by atoms with E-state index in [1.807, 2.05) is 0 Å². The predicted molar refractivity (Wildman–Crippen MR) is 103 cm³/mol. The fourth-order valence-corrected chi connectivity index (χ4v) is 3.20. The van der Waals surface area contributed by atoms with Gasteiger partial charge in [-0.1, -0.05) is 24.3 Å². The van der Waals surface area contributed by atoms with Crippen molar-refractivity contribution >= 4 is 28.3 Å². The molecule has 29 heavy (non-hydrogen) atoms. The molecule has 2 aromatic carbocycles. The van der Waals surface area contributed by atoms with Gasteiger partial charge < -0.3 is 5.32 Å². The number of anilines is 1. The zero-order valence-corrected chi connectivity index (χ0v) is 15.7. The number of thiazole rings is 1. The molecule has 1 atom stereocenters. The first-order valence-corrected chi connectivity index (χ1v) is 9.29. The average molecular weight is 412 g/mol. The summed E-state index contributed by atoms with van der Waals surface area (Å²) in [6.45, 7) is 0. The molecule has 0 aliphatic rings. The Morgan fingerprint density at radius 2 is 1.93 bits per heavy atom. The Bertz CT molecular complexity index is 1080. The first kappa shape index (κ1) is 20.1. The molecule has 0 bridgehead atoms. The van der Waals surface area contributed by atoms with Crippen LogP contribution in [0, 0.1) is 23.0 Å².